The van der Waals surface area contributed by atoms with Gasteiger partial charge in [-0.15, -0.1) is 11.3 Å². The number of rotatable bonds is 1. The molecule has 0 bridgehead atoms. The fraction of sp³-hybridized carbons (Fsp3) is 0.273. The van der Waals surface area contributed by atoms with Crippen molar-refractivity contribution in [2.75, 3.05) is 0 Å². The Morgan fingerprint density at radius 1 is 1.38 bits per heavy atom. The molecule has 68 valence electrons. The van der Waals surface area contributed by atoms with Crippen molar-refractivity contribution >= 4 is 21.4 Å². The third-order valence-electron chi connectivity index (χ3n) is 2.35. The van der Waals surface area contributed by atoms with Crippen LogP contribution in [0.1, 0.15) is 18.1 Å². The van der Waals surface area contributed by atoms with Crippen molar-refractivity contribution in [3.63, 3.8) is 0 Å². The predicted molar refractivity (Wildman–Crippen MR) is 55.9 cm³/mol. The molecule has 13 heavy (non-hydrogen) atoms. The Hall–Kier alpha value is -0.890. The van der Waals surface area contributed by atoms with Gasteiger partial charge in [0.05, 0.1) is 0 Å². The van der Waals surface area contributed by atoms with Crippen molar-refractivity contribution in [2.45, 2.75) is 20.3 Å². The molecule has 0 amide bonds. The molecule has 0 saturated carbocycles. The van der Waals surface area contributed by atoms with Crippen LogP contribution in [0, 0.1) is 12.1 Å². The van der Waals surface area contributed by atoms with E-state index in [1.807, 2.05) is 13.0 Å². The maximum atomic E-state index is 13.2. The van der Waals surface area contributed by atoms with Crippen molar-refractivity contribution in [1.29, 1.82) is 0 Å². The number of fused-ring (bicyclic) bond motifs is 1. The van der Waals surface area contributed by atoms with Gasteiger partial charge < -0.3 is 0 Å². The van der Waals surface area contributed by atoms with Crippen LogP contribution in [-0.2, 0) is 6.42 Å². The second-order valence-corrected chi connectivity index (χ2v) is 4.19. The third kappa shape index (κ3) is 1.35. The van der Waals surface area contributed by atoms with Gasteiger partial charge in [-0.05, 0) is 36.4 Å². The average molecular weight is 194 g/mol. The molecule has 0 atom stereocenters. The number of halogens is 1. The summed E-state index contributed by atoms with van der Waals surface area (Å²) in [6.45, 7) is 3.95. The highest BCUT2D eigenvalue weighted by molar-refractivity contribution is 7.17. The van der Waals surface area contributed by atoms with Crippen molar-refractivity contribution in [3.8, 4) is 0 Å². The smallest absolute Gasteiger partial charge is 0.180 e. The average Bonchev–Trinajstić information content (AvgIpc) is 2.43. The molecule has 1 aromatic carbocycles. The van der Waals surface area contributed by atoms with E-state index in [2.05, 4.69) is 19.1 Å². The Balaban J connectivity index is 2.75. The lowest BCUT2D eigenvalue weighted by Crippen LogP contribution is -1.78. The molecule has 1 aromatic heterocycles. The number of hydrogen-bond acceptors (Lipinski definition) is 1. The van der Waals surface area contributed by atoms with Crippen LogP contribution in [0.4, 0.5) is 4.39 Å². The van der Waals surface area contributed by atoms with Gasteiger partial charge in [0.1, 0.15) is 0 Å². The second kappa shape index (κ2) is 3.11. The van der Waals surface area contributed by atoms with Crippen LogP contribution in [0.3, 0.4) is 0 Å². The van der Waals surface area contributed by atoms with E-state index in [0.29, 0.717) is 0 Å². The Morgan fingerprint density at radius 3 is 2.85 bits per heavy atom. The molecule has 0 aliphatic rings. The van der Waals surface area contributed by atoms with Crippen LogP contribution in [0.5, 0.6) is 0 Å². The number of benzene rings is 1. The lowest BCUT2D eigenvalue weighted by Gasteiger charge is -1.96. The quantitative estimate of drug-likeness (QED) is 0.645. The summed E-state index contributed by atoms with van der Waals surface area (Å²) in [5.41, 5.74) is 2.06. The molecule has 2 rings (SSSR count). The molecule has 0 radical (unpaired) electrons. The molecule has 0 nitrogen and oxygen atoms in total. The van der Waals surface area contributed by atoms with Gasteiger partial charge in [0, 0.05) is 10.3 Å². The van der Waals surface area contributed by atoms with E-state index >= 15 is 0 Å². The van der Waals surface area contributed by atoms with Crippen LogP contribution in [0.2, 0.25) is 0 Å². The van der Waals surface area contributed by atoms with E-state index in [1.165, 1.54) is 16.9 Å². The zero-order valence-corrected chi connectivity index (χ0v) is 8.54. The third-order valence-corrected chi connectivity index (χ3v) is 3.41. The predicted octanol–water partition coefficient (Wildman–Crippen LogP) is 3.91. The summed E-state index contributed by atoms with van der Waals surface area (Å²) in [6, 6.07) is 6.16. The molecule has 0 spiro atoms. The minimum atomic E-state index is -0.0525. The minimum Gasteiger partial charge on any atom is -0.195 e. The van der Waals surface area contributed by atoms with Crippen molar-refractivity contribution in [3.05, 3.63) is 34.5 Å². The Bertz CT molecular complexity index is 443. The molecular formula is C11H11FS. The molecule has 2 aromatic rings. The highest BCUT2D eigenvalue weighted by Crippen LogP contribution is 2.29. The van der Waals surface area contributed by atoms with Gasteiger partial charge in [0.15, 0.2) is 5.13 Å². The summed E-state index contributed by atoms with van der Waals surface area (Å²) < 4.78 is 14.2. The fourth-order valence-corrected chi connectivity index (χ4v) is 2.37. The van der Waals surface area contributed by atoms with Crippen LogP contribution in [-0.4, -0.2) is 0 Å². The normalized spacial score (nSPS) is 11.0. The number of hydrogen-bond donors (Lipinski definition) is 0. The topological polar surface area (TPSA) is 0 Å². The van der Waals surface area contributed by atoms with Gasteiger partial charge in [0.25, 0.3) is 0 Å². The molecule has 0 aliphatic carbocycles. The summed E-state index contributed by atoms with van der Waals surface area (Å²) >= 11 is 1.23. The maximum absolute atomic E-state index is 13.2. The molecule has 1 heterocycles. The van der Waals surface area contributed by atoms with Crippen LogP contribution in [0.15, 0.2) is 18.2 Å². The first kappa shape index (κ1) is 8.70. The Kier molecular flexibility index (Phi) is 2.08. The van der Waals surface area contributed by atoms with Crippen molar-refractivity contribution in [1.82, 2.24) is 0 Å². The Labute approximate surface area is 81.0 Å². The molecule has 0 saturated heterocycles. The van der Waals surface area contributed by atoms with E-state index in [9.17, 15) is 4.39 Å². The molecule has 0 unspecified atom stereocenters. The molecule has 0 fully saturated rings. The van der Waals surface area contributed by atoms with Gasteiger partial charge in [-0.3, -0.25) is 0 Å². The molecular weight excluding hydrogens is 183 g/mol. The Morgan fingerprint density at radius 2 is 2.15 bits per heavy atom. The summed E-state index contributed by atoms with van der Waals surface area (Å²) in [4.78, 5) is 0. The van der Waals surface area contributed by atoms with E-state index in [4.69, 9.17) is 0 Å². The van der Waals surface area contributed by atoms with Crippen molar-refractivity contribution < 1.29 is 4.39 Å². The first-order chi connectivity index (χ1) is 6.22. The minimum absolute atomic E-state index is 0.0525. The first-order valence-corrected chi connectivity index (χ1v) is 5.21. The largest absolute Gasteiger partial charge is 0.195 e. The van der Waals surface area contributed by atoms with Gasteiger partial charge >= 0.3 is 0 Å². The van der Waals surface area contributed by atoms with Gasteiger partial charge in [-0.25, -0.2) is 0 Å². The summed E-state index contributed by atoms with van der Waals surface area (Å²) in [5, 5.41) is 1.02. The van der Waals surface area contributed by atoms with Gasteiger partial charge in [-0.1, -0.05) is 13.0 Å². The lowest BCUT2D eigenvalue weighted by molar-refractivity contribution is 0.650. The molecule has 0 N–H and O–H groups in total. The number of aryl methyl sites for hydroxylation is 2. The van der Waals surface area contributed by atoms with E-state index < -0.39 is 0 Å². The van der Waals surface area contributed by atoms with Crippen LogP contribution >= 0.6 is 11.3 Å². The van der Waals surface area contributed by atoms with E-state index in [0.717, 1.165) is 22.1 Å². The fourth-order valence-electron chi connectivity index (χ4n) is 1.46. The monoisotopic (exact) mass is 194 g/mol. The van der Waals surface area contributed by atoms with E-state index in [-0.39, 0.29) is 5.13 Å². The van der Waals surface area contributed by atoms with Crippen LogP contribution in [0.25, 0.3) is 10.1 Å². The second-order valence-electron chi connectivity index (χ2n) is 3.18. The maximum Gasteiger partial charge on any atom is 0.180 e. The first-order valence-electron chi connectivity index (χ1n) is 4.40. The highest BCUT2D eigenvalue weighted by atomic mass is 32.1. The zero-order valence-electron chi connectivity index (χ0n) is 7.73. The number of thiophene rings is 1. The zero-order chi connectivity index (χ0) is 9.42. The van der Waals surface area contributed by atoms with Gasteiger partial charge in [-0.2, -0.15) is 4.39 Å². The molecule has 0 aliphatic heterocycles. The summed E-state index contributed by atoms with van der Waals surface area (Å²) in [6.07, 6.45) is 1.01. The lowest BCUT2D eigenvalue weighted by atomic mass is 10.1. The summed E-state index contributed by atoms with van der Waals surface area (Å²) in [5.74, 6) is 0. The van der Waals surface area contributed by atoms with E-state index in [1.54, 1.807) is 0 Å². The standard InChI is InChI=1S/C11H11FS/c1-3-8-4-5-10-9(6-8)7(2)11(12)13-10/h4-6H,3H2,1-2H3. The molecule has 2 heteroatoms. The summed E-state index contributed by atoms with van der Waals surface area (Å²) in [7, 11) is 0. The van der Waals surface area contributed by atoms with Gasteiger partial charge in [0.2, 0.25) is 0 Å². The SMILES string of the molecule is CCc1ccc2sc(F)c(C)c2c1. The highest BCUT2D eigenvalue weighted by Gasteiger charge is 2.07. The van der Waals surface area contributed by atoms with Crippen molar-refractivity contribution in [2.24, 2.45) is 0 Å². The van der Waals surface area contributed by atoms with Crippen LogP contribution < -0.4 is 0 Å².